The molecule has 0 spiro atoms. The van der Waals surface area contributed by atoms with Crippen molar-refractivity contribution in [1.82, 2.24) is 15.2 Å². The van der Waals surface area contributed by atoms with Gasteiger partial charge in [0, 0.05) is 25.0 Å². The summed E-state index contributed by atoms with van der Waals surface area (Å²) < 4.78 is 53.1. The number of amides is 1. The zero-order chi connectivity index (χ0) is 26.0. The molecule has 0 bridgehead atoms. The van der Waals surface area contributed by atoms with E-state index in [0.29, 0.717) is 23.9 Å². The second-order valence-corrected chi connectivity index (χ2v) is 11.1. The number of alkyl halides is 3. The van der Waals surface area contributed by atoms with Gasteiger partial charge >= 0.3 is 6.18 Å². The van der Waals surface area contributed by atoms with Crippen molar-refractivity contribution in [3.05, 3.63) is 65.2 Å². The number of rotatable bonds is 6. The Bertz CT molecular complexity index is 1080. The van der Waals surface area contributed by atoms with Crippen molar-refractivity contribution < 1.29 is 22.4 Å². The van der Waals surface area contributed by atoms with Crippen molar-refractivity contribution in [2.45, 2.75) is 82.5 Å². The summed E-state index contributed by atoms with van der Waals surface area (Å²) in [7, 11) is 0. The first-order valence-corrected chi connectivity index (χ1v) is 13.5. The molecule has 1 amide bonds. The smallest absolute Gasteiger partial charge is 0.352 e. The van der Waals surface area contributed by atoms with Crippen LogP contribution in [-0.2, 0) is 17.5 Å². The molecular weight excluding hydrogens is 482 g/mol. The summed E-state index contributed by atoms with van der Waals surface area (Å²) in [6.07, 6.45) is 8.00. The monoisotopic (exact) mass is 517 g/mol. The molecule has 3 aliphatic rings. The lowest BCUT2D eigenvalue weighted by Gasteiger charge is -2.38. The fourth-order valence-electron chi connectivity index (χ4n) is 6.68. The van der Waals surface area contributed by atoms with Gasteiger partial charge in [0.1, 0.15) is 5.82 Å². The number of halogens is 4. The van der Waals surface area contributed by atoms with E-state index >= 15 is 0 Å². The molecular formula is C29H35F4N3O. The number of benzene rings is 1. The van der Waals surface area contributed by atoms with Gasteiger partial charge in [-0.25, -0.2) is 4.39 Å². The van der Waals surface area contributed by atoms with Crippen molar-refractivity contribution in [2.75, 3.05) is 13.1 Å². The molecule has 2 aromatic rings. The molecule has 1 N–H and O–H groups in total. The highest BCUT2D eigenvalue weighted by Crippen LogP contribution is 2.53. The highest BCUT2D eigenvalue weighted by molar-refractivity contribution is 5.83. The average molecular weight is 518 g/mol. The van der Waals surface area contributed by atoms with Gasteiger partial charge < -0.3 is 10.2 Å². The molecule has 1 unspecified atom stereocenters. The van der Waals surface area contributed by atoms with Crippen LogP contribution in [0.2, 0.25) is 0 Å². The summed E-state index contributed by atoms with van der Waals surface area (Å²) >= 11 is 0. The van der Waals surface area contributed by atoms with E-state index in [4.69, 9.17) is 0 Å². The Hall–Kier alpha value is -2.48. The SMILES string of the molecule is O=C(NCc1cc(F)cc(C(F)(F)F)c1)[C@]1(C2CC2)CCCC(N2CCC(c3ccncc3)CC2)CC1. The third kappa shape index (κ3) is 6.00. The number of hydrogen-bond donors (Lipinski definition) is 1. The molecule has 2 saturated carbocycles. The van der Waals surface area contributed by atoms with Gasteiger partial charge in [-0.3, -0.25) is 9.78 Å². The molecule has 1 saturated heterocycles. The van der Waals surface area contributed by atoms with Crippen LogP contribution in [0.5, 0.6) is 0 Å². The maximum Gasteiger partial charge on any atom is 0.416 e. The first-order valence-electron chi connectivity index (χ1n) is 13.5. The molecule has 5 rings (SSSR count). The Kier molecular flexibility index (Phi) is 7.57. The highest BCUT2D eigenvalue weighted by Gasteiger charge is 2.51. The highest BCUT2D eigenvalue weighted by atomic mass is 19.4. The Morgan fingerprint density at radius 1 is 1.00 bits per heavy atom. The minimum atomic E-state index is -4.63. The normalized spacial score (nSPS) is 26.0. The summed E-state index contributed by atoms with van der Waals surface area (Å²) in [5.74, 6) is -0.116. The number of pyridine rings is 1. The second kappa shape index (κ2) is 10.7. The minimum Gasteiger partial charge on any atom is -0.352 e. The van der Waals surface area contributed by atoms with Gasteiger partial charge in [0.05, 0.1) is 11.0 Å². The van der Waals surface area contributed by atoms with Crippen LogP contribution in [-0.4, -0.2) is 34.9 Å². The molecule has 4 nitrogen and oxygen atoms in total. The van der Waals surface area contributed by atoms with Gasteiger partial charge in [0.25, 0.3) is 0 Å². The number of piperidine rings is 1. The van der Waals surface area contributed by atoms with Crippen molar-refractivity contribution in [3.63, 3.8) is 0 Å². The van der Waals surface area contributed by atoms with Crippen LogP contribution in [0.4, 0.5) is 17.6 Å². The molecule has 2 atom stereocenters. The van der Waals surface area contributed by atoms with E-state index in [1.165, 1.54) is 5.56 Å². The lowest BCUT2D eigenvalue weighted by atomic mass is 9.74. The summed E-state index contributed by atoms with van der Waals surface area (Å²) in [4.78, 5) is 20.3. The minimum absolute atomic E-state index is 0.0788. The molecule has 8 heteroatoms. The third-order valence-corrected chi connectivity index (χ3v) is 8.86. The van der Waals surface area contributed by atoms with E-state index in [-0.39, 0.29) is 18.0 Å². The molecule has 37 heavy (non-hydrogen) atoms. The topological polar surface area (TPSA) is 45.2 Å². The molecule has 0 radical (unpaired) electrons. The predicted octanol–water partition coefficient (Wildman–Crippen LogP) is 6.46. The van der Waals surface area contributed by atoms with Crippen molar-refractivity contribution in [2.24, 2.45) is 11.3 Å². The maximum absolute atomic E-state index is 13.8. The van der Waals surface area contributed by atoms with E-state index < -0.39 is 23.0 Å². The molecule has 1 aromatic carbocycles. The number of nitrogens with zero attached hydrogens (tertiary/aromatic N) is 2. The molecule has 2 heterocycles. The van der Waals surface area contributed by atoms with Crippen molar-refractivity contribution in [3.8, 4) is 0 Å². The van der Waals surface area contributed by atoms with Gasteiger partial charge in [-0.1, -0.05) is 6.42 Å². The fraction of sp³-hybridized carbons (Fsp3) is 0.586. The van der Waals surface area contributed by atoms with Crippen LogP contribution >= 0.6 is 0 Å². The third-order valence-electron chi connectivity index (χ3n) is 8.86. The van der Waals surface area contributed by atoms with E-state index in [9.17, 15) is 22.4 Å². The Labute approximate surface area is 215 Å². The quantitative estimate of drug-likeness (QED) is 0.353. The number of nitrogens with one attached hydrogen (secondary N) is 1. The predicted molar refractivity (Wildman–Crippen MR) is 133 cm³/mol. The van der Waals surface area contributed by atoms with Gasteiger partial charge in [-0.2, -0.15) is 13.2 Å². The Morgan fingerprint density at radius 2 is 1.73 bits per heavy atom. The van der Waals surface area contributed by atoms with Crippen LogP contribution in [0.15, 0.2) is 42.7 Å². The molecule has 200 valence electrons. The molecule has 1 aromatic heterocycles. The number of aromatic nitrogens is 1. The van der Waals surface area contributed by atoms with Gasteiger partial charge in [-0.15, -0.1) is 0 Å². The van der Waals surface area contributed by atoms with Crippen LogP contribution in [0, 0.1) is 17.2 Å². The first kappa shape index (κ1) is 26.1. The van der Waals surface area contributed by atoms with Crippen molar-refractivity contribution >= 4 is 5.91 Å². The number of hydrogen-bond acceptors (Lipinski definition) is 3. The average Bonchev–Trinajstić information content (AvgIpc) is 3.75. The van der Waals surface area contributed by atoms with Crippen LogP contribution in [0.25, 0.3) is 0 Å². The maximum atomic E-state index is 13.8. The summed E-state index contributed by atoms with van der Waals surface area (Å²) in [5, 5.41) is 2.89. The molecule has 2 aliphatic carbocycles. The van der Waals surface area contributed by atoms with Crippen molar-refractivity contribution in [1.29, 1.82) is 0 Å². The van der Waals surface area contributed by atoms with E-state index in [0.717, 1.165) is 83.0 Å². The summed E-state index contributed by atoms with van der Waals surface area (Å²) in [6, 6.07) is 7.17. The van der Waals surface area contributed by atoms with Gasteiger partial charge in [0.15, 0.2) is 0 Å². The van der Waals surface area contributed by atoms with Crippen LogP contribution in [0.3, 0.4) is 0 Å². The zero-order valence-corrected chi connectivity index (χ0v) is 21.1. The summed E-state index contributed by atoms with van der Waals surface area (Å²) in [5.41, 5.74) is -0.000886. The van der Waals surface area contributed by atoms with Crippen LogP contribution in [0.1, 0.15) is 80.4 Å². The number of likely N-dealkylation sites (tertiary alicyclic amines) is 1. The van der Waals surface area contributed by atoms with E-state index in [1.54, 1.807) is 0 Å². The van der Waals surface area contributed by atoms with E-state index in [1.807, 2.05) is 12.4 Å². The van der Waals surface area contributed by atoms with Crippen LogP contribution < -0.4 is 5.32 Å². The zero-order valence-electron chi connectivity index (χ0n) is 21.1. The second-order valence-electron chi connectivity index (χ2n) is 11.1. The molecule has 1 aliphatic heterocycles. The largest absolute Gasteiger partial charge is 0.416 e. The number of carbonyl (C=O) groups excluding carboxylic acids is 1. The Morgan fingerprint density at radius 3 is 2.41 bits per heavy atom. The molecule has 3 fully saturated rings. The fourth-order valence-corrected chi connectivity index (χ4v) is 6.68. The first-order chi connectivity index (χ1) is 17.7. The lowest BCUT2D eigenvalue weighted by Crippen LogP contribution is -2.43. The number of carbonyl (C=O) groups is 1. The van der Waals surface area contributed by atoms with Gasteiger partial charge in [-0.05, 0) is 118 Å². The summed E-state index contributed by atoms with van der Waals surface area (Å²) in [6.45, 7) is 2.02. The van der Waals surface area contributed by atoms with E-state index in [2.05, 4.69) is 27.3 Å². The van der Waals surface area contributed by atoms with Gasteiger partial charge in [0.2, 0.25) is 5.91 Å². The standard InChI is InChI=1S/C29H35F4N3O/c30-25-17-20(16-24(18-25)29(31,32)33)19-35-27(37)28(23-3-4-23)10-1-2-26(5-11-28)36-14-8-22(9-15-36)21-6-12-34-13-7-21/h6-7,12-13,16-18,22-23,26H,1-5,8-11,14-15,19H2,(H,35,37)/t26?,28-/m1/s1. The Balaban J connectivity index is 1.20. The lowest BCUT2D eigenvalue weighted by molar-refractivity contribution is -0.137.